The lowest BCUT2D eigenvalue weighted by molar-refractivity contribution is -0.110. The first-order valence-electron chi connectivity index (χ1n) is 9.15. The maximum absolute atomic E-state index is 11.6. The number of imidazole rings is 1. The Hall–Kier alpha value is -3.10. The minimum atomic E-state index is -0.329. The predicted octanol–water partition coefficient (Wildman–Crippen LogP) is 4.70. The summed E-state index contributed by atoms with van der Waals surface area (Å²) in [5.41, 5.74) is 6.46. The fourth-order valence-corrected chi connectivity index (χ4v) is 3.75. The van der Waals surface area contributed by atoms with Crippen LogP contribution in [0.5, 0.6) is 0 Å². The van der Waals surface area contributed by atoms with E-state index in [1.54, 1.807) is 4.68 Å². The van der Waals surface area contributed by atoms with Crippen LogP contribution in [0, 0.1) is 0 Å². The number of hydrazone groups is 1. The van der Waals surface area contributed by atoms with Crippen LogP contribution in [0.25, 0.3) is 28.1 Å². The van der Waals surface area contributed by atoms with Gasteiger partial charge in [-0.1, -0.05) is 41.9 Å². The van der Waals surface area contributed by atoms with Crippen LogP contribution in [0.2, 0.25) is 0 Å². The molecule has 0 fully saturated rings. The first-order valence-corrected chi connectivity index (χ1v) is 10.8. The molecule has 0 bridgehead atoms. The van der Waals surface area contributed by atoms with Gasteiger partial charge in [-0.05, 0) is 30.5 Å². The molecule has 0 unspecified atom stereocenters. The summed E-state index contributed by atoms with van der Waals surface area (Å²) >= 11 is 7.49. The molecule has 0 aliphatic heterocycles. The molecule has 9 heteroatoms. The van der Waals surface area contributed by atoms with Crippen molar-refractivity contribution in [2.75, 3.05) is 11.7 Å². The first-order chi connectivity index (χ1) is 14.5. The van der Waals surface area contributed by atoms with Gasteiger partial charge in [-0.3, -0.25) is 10.2 Å². The summed E-state index contributed by atoms with van der Waals surface area (Å²) in [7, 11) is 1.96. The van der Waals surface area contributed by atoms with Gasteiger partial charge < -0.3 is 4.57 Å². The van der Waals surface area contributed by atoms with Crippen molar-refractivity contribution in [3.8, 4) is 17.1 Å². The number of rotatable bonds is 6. The number of thioether (sulfide) groups is 1. The van der Waals surface area contributed by atoms with Gasteiger partial charge >= 0.3 is 0 Å². The largest absolute Gasteiger partial charge is 0.327 e. The van der Waals surface area contributed by atoms with Crippen molar-refractivity contribution in [3.63, 3.8) is 0 Å². The van der Waals surface area contributed by atoms with Gasteiger partial charge in [0.05, 0.1) is 22.3 Å². The molecule has 30 heavy (non-hydrogen) atoms. The summed E-state index contributed by atoms with van der Waals surface area (Å²) < 4.78 is 3.76. The van der Waals surface area contributed by atoms with Crippen molar-refractivity contribution in [2.45, 2.75) is 11.9 Å². The van der Waals surface area contributed by atoms with Crippen molar-refractivity contribution in [3.05, 3.63) is 54.6 Å². The van der Waals surface area contributed by atoms with Crippen LogP contribution in [0.4, 0.5) is 5.82 Å². The zero-order valence-electron chi connectivity index (χ0n) is 16.6. The molecule has 0 aliphatic rings. The second-order valence-electron chi connectivity index (χ2n) is 6.53. The highest BCUT2D eigenvalue weighted by molar-refractivity contribution is 7.98. The Morgan fingerprint density at radius 3 is 2.50 bits per heavy atom. The number of carbonyl (C=O) groups excluding carboxylic acids is 1. The summed E-state index contributed by atoms with van der Waals surface area (Å²) in [6, 6.07) is 17.6. The molecule has 2 heterocycles. The summed E-state index contributed by atoms with van der Waals surface area (Å²) in [6.07, 6.45) is 1.96. The zero-order valence-corrected chi connectivity index (χ0v) is 18.2. The first kappa shape index (κ1) is 20.2. The number of Topliss-reactive ketones (excluding diaryl/α,β-unsaturated/α-hetero) is 1. The second-order valence-corrected chi connectivity index (χ2v) is 7.69. The fourth-order valence-electron chi connectivity index (χ4n) is 3.15. The molecule has 4 aromatic rings. The van der Waals surface area contributed by atoms with E-state index in [-0.39, 0.29) is 11.0 Å². The third-order valence-electron chi connectivity index (χ3n) is 4.61. The number of hydrogen-bond donors (Lipinski definition) is 1. The van der Waals surface area contributed by atoms with Gasteiger partial charge in [0.15, 0.2) is 16.8 Å². The maximum atomic E-state index is 11.6. The Bertz CT molecular complexity index is 1260. The number of nitrogens with one attached hydrogen (secondary N) is 1. The second kappa shape index (κ2) is 8.33. The van der Waals surface area contributed by atoms with E-state index in [2.05, 4.69) is 10.5 Å². The van der Waals surface area contributed by atoms with Crippen LogP contribution in [0.3, 0.4) is 0 Å². The number of benzene rings is 2. The molecular formula is C21H19ClN6OS. The van der Waals surface area contributed by atoms with E-state index >= 15 is 0 Å². The molecule has 0 amide bonds. The third kappa shape index (κ3) is 3.59. The number of anilines is 1. The van der Waals surface area contributed by atoms with E-state index in [9.17, 15) is 4.79 Å². The molecule has 152 valence electrons. The normalized spacial score (nSPS) is 11.8. The molecule has 0 saturated carbocycles. The molecule has 0 aliphatic carbocycles. The lowest BCUT2D eigenvalue weighted by Gasteiger charge is -2.09. The number of para-hydroxylation sites is 3. The fraction of sp³-hybridized carbons (Fsp3) is 0.143. The molecule has 4 rings (SSSR count). The van der Waals surface area contributed by atoms with Crippen LogP contribution in [0.15, 0.2) is 64.7 Å². The molecule has 0 atom stereocenters. The van der Waals surface area contributed by atoms with Gasteiger partial charge in [-0.15, -0.1) is 11.8 Å². The molecule has 2 aromatic heterocycles. The highest BCUT2D eigenvalue weighted by Crippen LogP contribution is 2.38. The van der Waals surface area contributed by atoms with Crippen molar-refractivity contribution in [2.24, 2.45) is 12.1 Å². The number of aryl methyl sites for hydroxylation is 1. The zero-order chi connectivity index (χ0) is 21.3. The summed E-state index contributed by atoms with van der Waals surface area (Å²) in [4.78, 5) is 16.4. The van der Waals surface area contributed by atoms with Crippen LogP contribution < -0.4 is 5.43 Å². The topological polar surface area (TPSA) is 77.1 Å². The lowest BCUT2D eigenvalue weighted by atomic mass is 10.3. The molecule has 1 N–H and O–H groups in total. The van der Waals surface area contributed by atoms with Gasteiger partial charge in [0, 0.05) is 14.0 Å². The SMILES string of the molecule is CSc1nn(-c2ccccc2)c(N/N=C(/Cl)C(C)=O)c1-c1nc2ccccc2n1C. The van der Waals surface area contributed by atoms with Gasteiger partial charge in [0.1, 0.15) is 10.9 Å². The van der Waals surface area contributed by atoms with Crippen LogP contribution in [-0.4, -0.2) is 36.5 Å². The van der Waals surface area contributed by atoms with Gasteiger partial charge in [-0.25, -0.2) is 9.67 Å². The van der Waals surface area contributed by atoms with E-state index in [4.69, 9.17) is 21.7 Å². The Morgan fingerprint density at radius 1 is 1.13 bits per heavy atom. The van der Waals surface area contributed by atoms with E-state index in [0.717, 1.165) is 33.1 Å². The van der Waals surface area contributed by atoms with E-state index in [0.29, 0.717) is 5.82 Å². The smallest absolute Gasteiger partial charge is 0.192 e. The number of nitrogens with zero attached hydrogens (tertiary/aromatic N) is 5. The summed E-state index contributed by atoms with van der Waals surface area (Å²) in [6.45, 7) is 1.36. The van der Waals surface area contributed by atoms with Crippen LogP contribution in [-0.2, 0) is 11.8 Å². The maximum Gasteiger partial charge on any atom is 0.192 e. The summed E-state index contributed by atoms with van der Waals surface area (Å²) in [5, 5.41) is 9.48. The highest BCUT2D eigenvalue weighted by Gasteiger charge is 2.24. The van der Waals surface area contributed by atoms with Gasteiger partial charge in [0.25, 0.3) is 0 Å². The van der Waals surface area contributed by atoms with Crippen LogP contribution >= 0.6 is 23.4 Å². The molecule has 0 spiro atoms. The standard InChI is InChI=1S/C21H19ClN6OS/c1-13(29)18(22)24-25-20-17(19-23-15-11-7-8-12-16(15)27(19)2)21(30-3)26-28(20)14-9-5-4-6-10-14/h4-12,25H,1-3H3/b24-18+. The average molecular weight is 439 g/mol. The van der Waals surface area contributed by atoms with Gasteiger partial charge in [-0.2, -0.15) is 10.2 Å². The minimum absolute atomic E-state index is 0.141. The highest BCUT2D eigenvalue weighted by atomic mass is 35.5. The van der Waals surface area contributed by atoms with Crippen molar-refractivity contribution >= 4 is 51.2 Å². The quantitative estimate of drug-likeness (QED) is 0.268. The Kier molecular flexibility index (Phi) is 5.61. The number of aromatic nitrogens is 4. The molecule has 7 nitrogen and oxygen atoms in total. The minimum Gasteiger partial charge on any atom is -0.327 e. The van der Waals surface area contributed by atoms with E-state index in [1.165, 1.54) is 18.7 Å². The van der Waals surface area contributed by atoms with E-state index in [1.807, 2.05) is 72.5 Å². The van der Waals surface area contributed by atoms with Crippen molar-refractivity contribution < 1.29 is 4.79 Å². The van der Waals surface area contributed by atoms with Crippen molar-refractivity contribution in [1.82, 2.24) is 19.3 Å². The monoisotopic (exact) mass is 438 g/mol. The van der Waals surface area contributed by atoms with Crippen molar-refractivity contribution in [1.29, 1.82) is 0 Å². The Labute approximate surface area is 182 Å². The number of fused-ring (bicyclic) bond motifs is 1. The van der Waals surface area contributed by atoms with E-state index < -0.39 is 0 Å². The molecule has 2 aromatic carbocycles. The molecular weight excluding hydrogens is 420 g/mol. The predicted molar refractivity (Wildman–Crippen MR) is 123 cm³/mol. The average Bonchev–Trinajstić information content (AvgIpc) is 3.30. The lowest BCUT2D eigenvalue weighted by Crippen LogP contribution is -2.08. The Morgan fingerprint density at radius 2 is 1.83 bits per heavy atom. The number of hydrogen-bond acceptors (Lipinski definition) is 6. The van der Waals surface area contributed by atoms with Crippen LogP contribution in [0.1, 0.15) is 6.92 Å². The third-order valence-corrected chi connectivity index (χ3v) is 5.63. The number of ketones is 1. The van der Waals surface area contributed by atoms with Gasteiger partial charge in [0.2, 0.25) is 0 Å². The number of halogens is 1. The molecule has 0 saturated heterocycles. The molecule has 0 radical (unpaired) electrons. The number of carbonyl (C=O) groups is 1. The Balaban J connectivity index is 1.98. The summed E-state index contributed by atoms with van der Waals surface area (Å²) in [5.74, 6) is 0.979.